The molecule has 0 spiro atoms. The van der Waals surface area contributed by atoms with Gasteiger partial charge in [0.05, 0.1) is 17.7 Å². The number of amides is 1. The van der Waals surface area contributed by atoms with Crippen molar-refractivity contribution >= 4 is 21.6 Å². The van der Waals surface area contributed by atoms with Crippen molar-refractivity contribution in [1.82, 2.24) is 9.73 Å². The van der Waals surface area contributed by atoms with Crippen molar-refractivity contribution in [3.63, 3.8) is 0 Å². The summed E-state index contributed by atoms with van der Waals surface area (Å²) in [6.07, 6.45) is 0. The first-order valence-corrected chi connectivity index (χ1v) is 11.8. The van der Waals surface area contributed by atoms with Crippen LogP contribution in [-0.4, -0.2) is 38.5 Å². The van der Waals surface area contributed by atoms with E-state index in [1.54, 1.807) is 62.6 Å². The maximum absolute atomic E-state index is 12.8. The molecule has 0 heterocycles. The van der Waals surface area contributed by atoms with Gasteiger partial charge in [-0.3, -0.25) is 4.79 Å². The van der Waals surface area contributed by atoms with Crippen LogP contribution in [0.1, 0.15) is 34.0 Å². The van der Waals surface area contributed by atoms with Crippen molar-refractivity contribution in [3.8, 4) is 5.75 Å². The van der Waals surface area contributed by atoms with Crippen LogP contribution >= 0.6 is 0 Å². The van der Waals surface area contributed by atoms with Crippen LogP contribution in [0.4, 0.5) is 0 Å². The molecule has 1 amide bonds. The van der Waals surface area contributed by atoms with Gasteiger partial charge >= 0.3 is 0 Å². The molecular formula is C25H27N3O4S. The van der Waals surface area contributed by atoms with E-state index in [0.717, 1.165) is 22.4 Å². The lowest BCUT2D eigenvalue weighted by Gasteiger charge is -2.17. The summed E-state index contributed by atoms with van der Waals surface area (Å²) in [7, 11) is -0.467. The Hall–Kier alpha value is -3.49. The molecular weight excluding hydrogens is 438 g/mol. The van der Waals surface area contributed by atoms with Gasteiger partial charge in [0.25, 0.3) is 5.91 Å². The lowest BCUT2D eigenvalue weighted by molar-refractivity contribution is 0.0955. The SMILES string of the molecule is COc1ccc(C(C)=NNC(=O)c2ccc(CN(C)S(=O)(=O)c3ccc(C)cc3)cc2)cc1. The third kappa shape index (κ3) is 6.06. The average Bonchev–Trinajstić information content (AvgIpc) is 2.83. The summed E-state index contributed by atoms with van der Waals surface area (Å²) >= 11 is 0. The van der Waals surface area contributed by atoms with Gasteiger partial charge < -0.3 is 4.74 Å². The molecule has 0 aliphatic carbocycles. The Labute approximate surface area is 194 Å². The van der Waals surface area contributed by atoms with Gasteiger partial charge in [0.1, 0.15) is 5.75 Å². The second-order valence-electron chi connectivity index (χ2n) is 7.64. The van der Waals surface area contributed by atoms with Gasteiger partial charge in [-0.25, -0.2) is 13.8 Å². The van der Waals surface area contributed by atoms with Gasteiger partial charge in [-0.05, 0) is 73.5 Å². The van der Waals surface area contributed by atoms with Crippen LogP contribution in [-0.2, 0) is 16.6 Å². The quantitative estimate of drug-likeness (QED) is 0.403. The second-order valence-corrected chi connectivity index (χ2v) is 9.68. The van der Waals surface area contributed by atoms with Gasteiger partial charge in [0, 0.05) is 19.2 Å². The maximum Gasteiger partial charge on any atom is 0.271 e. The fraction of sp³-hybridized carbons (Fsp3) is 0.200. The molecule has 8 heteroatoms. The van der Waals surface area contributed by atoms with E-state index >= 15 is 0 Å². The molecule has 0 unspecified atom stereocenters. The number of hydrogen-bond acceptors (Lipinski definition) is 5. The smallest absolute Gasteiger partial charge is 0.271 e. The summed E-state index contributed by atoms with van der Waals surface area (Å²) < 4.78 is 32.0. The lowest BCUT2D eigenvalue weighted by Crippen LogP contribution is -2.26. The highest BCUT2D eigenvalue weighted by molar-refractivity contribution is 7.89. The molecule has 7 nitrogen and oxygen atoms in total. The van der Waals surface area contributed by atoms with Crippen molar-refractivity contribution in [2.75, 3.05) is 14.2 Å². The average molecular weight is 466 g/mol. The number of carbonyl (C=O) groups excluding carboxylic acids is 1. The van der Waals surface area contributed by atoms with Crippen LogP contribution in [0.3, 0.4) is 0 Å². The summed E-state index contributed by atoms with van der Waals surface area (Å²) in [4.78, 5) is 12.7. The van der Waals surface area contributed by atoms with Crippen LogP contribution in [0.25, 0.3) is 0 Å². The van der Waals surface area contributed by atoms with E-state index in [4.69, 9.17) is 4.74 Å². The van der Waals surface area contributed by atoms with Gasteiger partial charge in [0.15, 0.2) is 0 Å². The number of nitrogens with zero attached hydrogens (tertiary/aromatic N) is 2. The van der Waals surface area contributed by atoms with Crippen molar-refractivity contribution in [1.29, 1.82) is 0 Å². The second kappa shape index (κ2) is 10.4. The molecule has 1 N–H and O–H groups in total. The number of nitrogens with one attached hydrogen (secondary N) is 1. The first kappa shape index (κ1) is 24.2. The number of hydrazone groups is 1. The van der Waals surface area contributed by atoms with E-state index < -0.39 is 10.0 Å². The van der Waals surface area contributed by atoms with E-state index in [-0.39, 0.29) is 17.3 Å². The van der Waals surface area contributed by atoms with E-state index in [1.807, 2.05) is 31.2 Å². The Morgan fingerprint density at radius 1 is 0.939 bits per heavy atom. The number of carbonyl (C=O) groups is 1. The molecule has 33 heavy (non-hydrogen) atoms. The molecule has 0 saturated carbocycles. The zero-order valence-corrected chi connectivity index (χ0v) is 19.9. The van der Waals surface area contributed by atoms with Crippen LogP contribution in [0.15, 0.2) is 82.8 Å². The monoisotopic (exact) mass is 465 g/mol. The highest BCUT2D eigenvalue weighted by Crippen LogP contribution is 2.18. The number of ether oxygens (including phenoxy) is 1. The van der Waals surface area contributed by atoms with Gasteiger partial charge in [-0.1, -0.05) is 29.8 Å². The third-order valence-electron chi connectivity index (χ3n) is 5.18. The highest BCUT2D eigenvalue weighted by Gasteiger charge is 2.20. The molecule has 0 atom stereocenters. The molecule has 0 fully saturated rings. The molecule has 3 aromatic carbocycles. The van der Waals surface area contributed by atoms with E-state index in [2.05, 4.69) is 10.5 Å². The van der Waals surface area contributed by atoms with E-state index in [9.17, 15) is 13.2 Å². The van der Waals surface area contributed by atoms with Crippen molar-refractivity contribution in [2.24, 2.45) is 5.10 Å². The lowest BCUT2D eigenvalue weighted by atomic mass is 10.1. The number of methoxy groups -OCH3 is 1. The molecule has 0 saturated heterocycles. The number of benzene rings is 3. The molecule has 0 aromatic heterocycles. The van der Waals surface area contributed by atoms with Crippen LogP contribution in [0.2, 0.25) is 0 Å². The number of rotatable bonds is 8. The van der Waals surface area contributed by atoms with E-state index in [1.165, 1.54) is 11.4 Å². The van der Waals surface area contributed by atoms with Gasteiger partial charge in [-0.15, -0.1) is 0 Å². The standard InChI is InChI=1S/C25H27N3O4S/c1-18-5-15-24(16-6-18)33(30,31)28(3)17-20-7-9-22(10-8-20)25(29)27-26-19(2)21-11-13-23(32-4)14-12-21/h5-16H,17H2,1-4H3,(H,27,29). The normalized spacial score (nSPS) is 12.0. The van der Waals surface area contributed by atoms with Crippen molar-refractivity contribution in [2.45, 2.75) is 25.3 Å². The fourth-order valence-electron chi connectivity index (χ4n) is 3.09. The Bertz CT molecular complexity index is 1230. The first-order valence-electron chi connectivity index (χ1n) is 10.3. The Morgan fingerprint density at radius 3 is 2.09 bits per heavy atom. The minimum absolute atomic E-state index is 0.187. The highest BCUT2D eigenvalue weighted by atomic mass is 32.2. The summed E-state index contributed by atoms with van der Waals surface area (Å²) in [6, 6.07) is 20.9. The molecule has 0 aliphatic heterocycles. The molecule has 0 radical (unpaired) electrons. The third-order valence-corrected chi connectivity index (χ3v) is 7.00. The molecule has 3 rings (SSSR count). The Morgan fingerprint density at radius 2 is 1.52 bits per heavy atom. The van der Waals surface area contributed by atoms with Crippen LogP contribution in [0.5, 0.6) is 5.75 Å². The predicted molar refractivity (Wildman–Crippen MR) is 129 cm³/mol. The predicted octanol–water partition coefficient (Wildman–Crippen LogP) is 3.98. The number of sulfonamides is 1. The number of aryl methyl sites for hydroxylation is 1. The largest absolute Gasteiger partial charge is 0.497 e. The minimum Gasteiger partial charge on any atom is -0.497 e. The van der Waals surface area contributed by atoms with Crippen LogP contribution in [0, 0.1) is 6.92 Å². The van der Waals surface area contributed by atoms with Crippen LogP contribution < -0.4 is 10.2 Å². The zero-order chi connectivity index (χ0) is 24.0. The molecule has 0 aliphatic rings. The van der Waals surface area contributed by atoms with Gasteiger partial charge in [0.2, 0.25) is 10.0 Å². The summed E-state index contributed by atoms with van der Waals surface area (Å²) in [5.74, 6) is 0.392. The molecule has 172 valence electrons. The summed E-state index contributed by atoms with van der Waals surface area (Å²) in [5.41, 5.74) is 6.26. The maximum atomic E-state index is 12.8. The molecule has 0 bridgehead atoms. The number of hydrogen-bond donors (Lipinski definition) is 1. The van der Waals surface area contributed by atoms with E-state index in [0.29, 0.717) is 11.3 Å². The zero-order valence-electron chi connectivity index (χ0n) is 19.1. The van der Waals surface area contributed by atoms with Crippen molar-refractivity contribution in [3.05, 3.63) is 95.1 Å². The molecule has 3 aromatic rings. The first-order chi connectivity index (χ1) is 15.7. The van der Waals surface area contributed by atoms with Gasteiger partial charge in [-0.2, -0.15) is 9.41 Å². The van der Waals surface area contributed by atoms with Crippen molar-refractivity contribution < 1.29 is 17.9 Å². The summed E-state index contributed by atoms with van der Waals surface area (Å²) in [6.45, 7) is 3.89. The Kier molecular flexibility index (Phi) is 7.63. The topological polar surface area (TPSA) is 88.1 Å². The fourth-order valence-corrected chi connectivity index (χ4v) is 4.25. The summed E-state index contributed by atoms with van der Waals surface area (Å²) in [5, 5.41) is 4.16. The minimum atomic E-state index is -3.60. The Balaban J connectivity index is 1.63.